The third-order valence-corrected chi connectivity index (χ3v) is 7.47. The van der Waals surface area contributed by atoms with E-state index >= 15 is 0 Å². The Labute approximate surface area is 219 Å². The number of Topliss-reactive ketones (excluding diaryl/α,β-unsaturated/α-hetero) is 1. The molecule has 1 N–H and O–H groups in total. The molecule has 1 aromatic heterocycles. The number of aromatic nitrogens is 1. The highest BCUT2D eigenvalue weighted by atomic mass is 32.1. The quantitative estimate of drug-likeness (QED) is 0.185. The topological polar surface area (TPSA) is 79.7 Å². The number of rotatable bonds is 5. The lowest BCUT2D eigenvalue weighted by atomic mass is 9.85. The highest BCUT2D eigenvalue weighted by Gasteiger charge is 2.48. The first-order valence-corrected chi connectivity index (χ1v) is 13.0. The zero-order valence-corrected chi connectivity index (χ0v) is 22.0. The van der Waals surface area contributed by atoms with Gasteiger partial charge in [-0.1, -0.05) is 86.7 Å². The second kappa shape index (κ2) is 9.48. The molecular weight excluding hydrogens is 484 g/mol. The van der Waals surface area contributed by atoms with Gasteiger partial charge < -0.3 is 9.84 Å². The summed E-state index contributed by atoms with van der Waals surface area (Å²) < 4.78 is 6.46. The van der Waals surface area contributed by atoms with Crippen LogP contribution in [0.3, 0.4) is 0 Å². The molecule has 0 radical (unpaired) electrons. The van der Waals surface area contributed by atoms with Crippen LogP contribution in [0, 0.1) is 0 Å². The van der Waals surface area contributed by atoms with Crippen LogP contribution in [0.15, 0.2) is 78.4 Å². The molecule has 1 aliphatic rings. The van der Waals surface area contributed by atoms with E-state index in [9.17, 15) is 14.7 Å². The number of hydrogen-bond acceptors (Lipinski definition) is 6. The van der Waals surface area contributed by atoms with Crippen LogP contribution in [0.25, 0.3) is 16.0 Å². The second-order valence-corrected chi connectivity index (χ2v) is 11.0. The van der Waals surface area contributed by atoms with Gasteiger partial charge in [0.15, 0.2) is 5.13 Å². The average Bonchev–Trinajstić information content (AvgIpc) is 3.41. The molecule has 0 aliphatic carbocycles. The molecule has 2 heterocycles. The number of ether oxygens (including phenoxy) is 1. The minimum absolute atomic E-state index is 0.0500. The summed E-state index contributed by atoms with van der Waals surface area (Å²) in [5.74, 6) is -0.941. The Morgan fingerprint density at radius 2 is 1.73 bits per heavy atom. The monoisotopic (exact) mass is 512 g/mol. The fourth-order valence-electron chi connectivity index (χ4n) is 4.51. The molecule has 4 aromatic rings. The van der Waals surface area contributed by atoms with Crippen molar-refractivity contribution in [1.82, 2.24) is 4.98 Å². The van der Waals surface area contributed by atoms with Crippen molar-refractivity contribution in [3.8, 4) is 5.75 Å². The summed E-state index contributed by atoms with van der Waals surface area (Å²) in [4.78, 5) is 33.0. The molecule has 6 nitrogen and oxygen atoms in total. The van der Waals surface area contributed by atoms with Crippen LogP contribution in [0.5, 0.6) is 5.75 Å². The Morgan fingerprint density at radius 3 is 2.38 bits per heavy atom. The lowest BCUT2D eigenvalue weighted by Gasteiger charge is -2.24. The van der Waals surface area contributed by atoms with E-state index in [1.54, 1.807) is 24.3 Å². The van der Waals surface area contributed by atoms with Crippen LogP contribution in [-0.4, -0.2) is 28.4 Å². The van der Waals surface area contributed by atoms with Gasteiger partial charge in [-0.15, -0.1) is 0 Å². The van der Waals surface area contributed by atoms with E-state index in [0.29, 0.717) is 28.6 Å². The number of benzene rings is 3. The standard InChI is InChI=1S/C30H28N2O4S/c1-5-36-21-15-16-22-23(17-21)37-29(31-22)32-25(18-11-13-20(14-12-18)30(2,3)4)24(27(34)28(32)35)26(33)19-9-7-6-8-10-19/h6-17,25,33H,5H2,1-4H3/b26-24+/t25-/m1/s1. The maximum absolute atomic E-state index is 13.5. The zero-order valence-electron chi connectivity index (χ0n) is 21.2. The lowest BCUT2D eigenvalue weighted by Crippen LogP contribution is -2.29. The maximum Gasteiger partial charge on any atom is 0.301 e. The number of hydrogen-bond donors (Lipinski definition) is 1. The molecule has 3 aromatic carbocycles. The van der Waals surface area contributed by atoms with Gasteiger partial charge in [0.2, 0.25) is 0 Å². The molecule has 7 heteroatoms. The summed E-state index contributed by atoms with van der Waals surface area (Å²) in [6.45, 7) is 8.83. The summed E-state index contributed by atoms with van der Waals surface area (Å²) in [6, 6.07) is 21.4. The number of carbonyl (C=O) groups is 2. The summed E-state index contributed by atoms with van der Waals surface area (Å²) >= 11 is 1.31. The number of fused-ring (bicyclic) bond motifs is 1. The molecule has 0 unspecified atom stereocenters. The minimum Gasteiger partial charge on any atom is -0.507 e. The average molecular weight is 513 g/mol. The fourth-order valence-corrected chi connectivity index (χ4v) is 5.54. The normalized spacial score (nSPS) is 17.5. The molecule has 37 heavy (non-hydrogen) atoms. The number of nitrogens with zero attached hydrogens (tertiary/aromatic N) is 2. The largest absolute Gasteiger partial charge is 0.507 e. The predicted octanol–water partition coefficient (Wildman–Crippen LogP) is 6.62. The van der Waals surface area contributed by atoms with Gasteiger partial charge in [0.25, 0.3) is 5.78 Å². The van der Waals surface area contributed by atoms with E-state index in [1.807, 2.05) is 55.5 Å². The van der Waals surface area contributed by atoms with Crippen molar-refractivity contribution >= 4 is 44.1 Å². The second-order valence-electron chi connectivity index (χ2n) is 9.97. The summed E-state index contributed by atoms with van der Waals surface area (Å²) in [5, 5.41) is 11.7. The molecule has 1 atom stereocenters. The Balaban J connectivity index is 1.69. The Kier molecular flexibility index (Phi) is 6.33. The predicted molar refractivity (Wildman–Crippen MR) is 147 cm³/mol. The van der Waals surface area contributed by atoms with Crippen molar-refractivity contribution < 1.29 is 19.4 Å². The number of thiazole rings is 1. The number of anilines is 1. The van der Waals surface area contributed by atoms with E-state index in [1.165, 1.54) is 16.2 Å². The molecule has 1 fully saturated rings. The SMILES string of the molecule is CCOc1ccc2nc(N3C(=O)C(=O)/C(=C(/O)c4ccccc4)[C@H]3c3ccc(C(C)(C)C)cc3)sc2c1. The first kappa shape index (κ1) is 24.7. The van der Waals surface area contributed by atoms with Crippen LogP contribution in [0.1, 0.15) is 50.4 Å². The molecule has 1 amide bonds. The first-order valence-electron chi connectivity index (χ1n) is 12.2. The first-order chi connectivity index (χ1) is 17.7. The van der Waals surface area contributed by atoms with Gasteiger partial charge in [0.1, 0.15) is 11.5 Å². The van der Waals surface area contributed by atoms with Gasteiger partial charge in [-0.2, -0.15) is 0 Å². The molecule has 5 rings (SSSR count). The molecule has 1 aliphatic heterocycles. The van der Waals surface area contributed by atoms with Crippen LogP contribution in [-0.2, 0) is 15.0 Å². The van der Waals surface area contributed by atoms with Crippen molar-refractivity contribution in [1.29, 1.82) is 0 Å². The summed E-state index contributed by atoms with van der Waals surface area (Å²) in [5.41, 5.74) is 3.01. The van der Waals surface area contributed by atoms with Crippen molar-refractivity contribution in [2.24, 2.45) is 0 Å². The van der Waals surface area contributed by atoms with Gasteiger partial charge in [-0.05, 0) is 41.7 Å². The molecular formula is C30H28N2O4S. The van der Waals surface area contributed by atoms with Crippen molar-refractivity contribution in [2.45, 2.75) is 39.2 Å². The smallest absolute Gasteiger partial charge is 0.301 e. The third-order valence-electron chi connectivity index (χ3n) is 6.45. The van der Waals surface area contributed by atoms with Crippen LogP contribution >= 0.6 is 11.3 Å². The molecule has 0 bridgehead atoms. The Hall–Kier alpha value is -3.97. The lowest BCUT2D eigenvalue weighted by molar-refractivity contribution is -0.132. The highest BCUT2D eigenvalue weighted by molar-refractivity contribution is 7.22. The highest BCUT2D eigenvalue weighted by Crippen LogP contribution is 2.45. The molecule has 1 saturated heterocycles. The minimum atomic E-state index is -0.818. The number of aliphatic hydroxyl groups excluding tert-OH is 1. The van der Waals surface area contributed by atoms with Gasteiger partial charge >= 0.3 is 5.91 Å². The van der Waals surface area contributed by atoms with Gasteiger partial charge in [-0.3, -0.25) is 14.5 Å². The fraction of sp³-hybridized carbons (Fsp3) is 0.233. The molecule has 188 valence electrons. The van der Waals surface area contributed by atoms with Crippen LogP contribution in [0.4, 0.5) is 5.13 Å². The third kappa shape index (κ3) is 4.51. The van der Waals surface area contributed by atoms with Gasteiger partial charge in [0, 0.05) is 5.56 Å². The van der Waals surface area contributed by atoms with E-state index in [4.69, 9.17) is 9.72 Å². The number of ketones is 1. The molecule has 0 saturated carbocycles. The van der Waals surface area contributed by atoms with Crippen molar-refractivity contribution in [3.05, 3.63) is 95.1 Å². The maximum atomic E-state index is 13.5. The molecule has 0 spiro atoms. The van der Waals surface area contributed by atoms with Crippen LogP contribution < -0.4 is 9.64 Å². The van der Waals surface area contributed by atoms with E-state index < -0.39 is 17.7 Å². The van der Waals surface area contributed by atoms with E-state index in [-0.39, 0.29) is 16.7 Å². The van der Waals surface area contributed by atoms with Gasteiger partial charge in [-0.25, -0.2) is 4.98 Å². The van der Waals surface area contributed by atoms with Gasteiger partial charge in [0.05, 0.1) is 28.4 Å². The van der Waals surface area contributed by atoms with Crippen molar-refractivity contribution in [3.63, 3.8) is 0 Å². The van der Waals surface area contributed by atoms with E-state index in [2.05, 4.69) is 20.8 Å². The summed E-state index contributed by atoms with van der Waals surface area (Å²) in [6.07, 6.45) is 0. The number of carbonyl (C=O) groups excluding carboxylic acids is 2. The number of amides is 1. The number of aliphatic hydroxyl groups is 1. The Bertz CT molecular complexity index is 1510. The van der Waals surface area contributed by atoms with E-state index in [0.717, 1.165) is 15.8 Å². The summed E-state index contributed by atoms with van der Waals surface area (Å²) in [7, 11) is 0. The zero-order chi connectivity index (χ0) is 26.3. The van der Waals surface area contributed by atoms with Crippen LogP contribution in [0.2, 0.25) is 0 Å². The van der Waals surface area contributed by atoms with Crippen molar-refractivity contribution in [2.75, 3.05) is 11.5 Å². The Morgan fingerprint density at radius 1 is 1.03 bits per heavy atom.